The molecule has 3 N–H and O–H groups in total. The summed E-state index contributed by atoms with van der Waals surface area (Å²) >= 11 is 6.18. The number of hydrogen-bond acceptors (Lipinski definition) is 2. The van der Waals surface area contributed by atoms with Crippen molar-refractivity contribution in [3.63, 3.8) is 0 Å². The Labute approximate surface area is 102 Å². The van der Waals surface area contributed by atoms with Crippen LogP contribution in [0.4, 0.5) is 5.69 Å². The number of fused-ring (bicyclic) bond motifs is 3. The van der Waals surface area contributed by atoms with Crippen molar-refractivity contribution in [2.75, 3.05) is 5.73 Å². The molecule has 0 fully saturated rings. The van der Waals surface area contributed by atoms with E-state index < -0.39 is 0 Å². The molecule has 0 aliphatic heterocycles. The summed E-state index contributed by atoms with van der Waals surface area (Å²) in [5.74, 6) is 0. The normalized spacial score (nSPS) is 11.1. The molecule has 3 nitrogen and oxygen atoms in total. The zero-order valence-corrected chi connectivity index (χ0v) is 9.58. The monoisotopic (exact) mass is 244 g/mol. The van der Waals surface area contributed by atoms with Crippen LogP contribution >= 0.6 is 11.6 Å². The first-order valence-electron chi connectivity index (χ1n) is 5.17. The lowest BCUT2D eigenvalue weighted by Crippen LogP contribution is -2.08. The van der Waals surface area contributed by atoms with Gasteiger partial charge in [-0.25, -0.2) is 0 Å². The third-order valence-electron chi connectivity index (χ3n) is 2.85. The third kappa shape index (κ3) is 1.40. The molecule has 0 atom stereocenters. The first kappa shape index (κ1) is 10.2. The number of aromatic amines is 1. The van der Waals surface area contributed by atoms with Crippen LogP contribution in [0.1, 0.15) is 0 Å². The molecule has 0 saturated heterocycles. The van der Waals surface area contributed by atoms with E-state index in [4.69, 9.17) is 17.3 Å². The van der Waals surface area contributed by atoms with Gasteiger partial charge in [-0.2, -0.15) is 0 Å². The highest BCUT2D eigenvalue weighted by Crippen LogP contribution is 2.29. The van der Waals surface area contributed by atoms with Crippen LogP contribution < -0.4 is 11.3 Å². The molecule has 0 spiro atoms. The Hall–Kier alpha value is -2.00. The predicted molar refractivity (Wildman–Crippen MR) is 71.5 cm³/mol. The van der Waals surface area contributed by atoms with E-state index >= 15 is 0 Å². The van der Waals surface area contributed by atoms with Crippen LogP contribution in [-0.4, -0.2) is 4.98 Å². The number of pyridine rings is 1. The molecule has 0 saturated carbocycles. The van der Waals surface area contributed by atoms with Crippen molar-refractivity contribution >= 4 is 39.0 Å². The van der Waals surface area contributed by atoms with Gasteiger partial charge in [0.15, 0.2) is 0 Å². The Morgan fingerprint density at radius 1 is 1.06 bits per heavy atom. The quantitative estimate of drug-likeness (QED) is 0.472. The largest absolute Gasteiger partial charge is 0.398 e. The second-order valence-electron chi connectivity index (χ2n) is 3.89. The first-order chi connectivity index (χ1) is 8.18. The summed E-state index contributed by atoms with van der Waals surface area (Å²) in [5, 5.41) is 2.72. The van der Waals surface area contributed by atoms with Crippen molar-refractivity contribution < 1.29 is 0 Å². The summed E-state index contributed by atoms with van der Waals surface area (Å²) in [7, 11) is 0. The molecular weight excluding hydrogens is 236 g/mol. The summed E-state index contributed by atoms with van der Waals surface area (Å²) in [5.41, 5.74) is 6.83. The summed E-state index contributed by atoms with van der Waals surface area (Å²) < 4.78 is 0. The minimum absolute atomic E-state index is 0.187. The Kier molecular flexibility index (Phi) is 2.09. The van der Waals surface area contributed by atoms with Crippen LogP contribution in [0.5, 0.6) is 0 Å². The zero-order valence-electron chi connectivity index (χ0n) is 8.83. The van der Waals surface area contributed by atoms with E-state index in [1.807, 2.05) is 18.2 Å². The molecule has 0 radical (unpaired) electrons. The van der Waals surface area contributed by atoms with Crippen LogP contribution in [0.3, 0.4) is 0 Å². The molecule has 2 aromatic carbocycles. The van der Waals surface area contributed by atoms with Crippen molar-refractivity contribution in [1.82, 2.24) is 4.98 Å². The fourth-order valence-corrected chi connectivity index (χ4v) is 2.40. The molecule has 3 rings (SSSR count). The third-order valence-corrected chi connectivity index (χ3v) is 3.17. The molecule has 4 heteroatoms. The van der Waals surface area contributed by atoms with Crippen LogP contribution in [0.2, 0.25) is 5.02 Å². The smallest absolute Gasteiger partial charge is 0.258 e. The highest BCUT2D eigenvalue weighted by molar-refractivity contribution is 6.37. The van der Waals surface area contributed by atoms with Gasteiger partial charge >= 0.3 is 0 Å². The zero-order chi connectivity index (χ0) is 12.0. The summed E-state index contributed by atoms with van der Waals surface area (Å²) in [6.45, 7) is 0. The Balaban J connectivity index is 2.73. The predicted octanol–water partition coefficient (Wildman–Crippen LogP) is 2.92. The van der Waals surface area contributed by atoms with Gasteiger partial charge in [-0.3, -0.25) is 4.79 Å². The number of halogens is 1. The van der Waals surface area contributed by atoms with Gasteiger partial charge in [0.2, 0.25) is 0 Å². The van der Waals surface area contributed by atoms with Gasteiger partial charge in [-0.15, -0.1) is 0 Å². The first-order valence-corrected chi connectivity index (χ1v) is 5.55. The van der Waals surface area contributed by atoms with Gasteiger partial charge < -0.3 is 10.7 Å². The van der Waals surface area contributed by atoms with Gasteiger partial charge in [0.05, 0.1) is 15.9 Å². The van der Waals surface area contributed by atoms with Crippen molar-refractivity contribution in [3.05, 3.63) is 51.8 Å². The minimum atomic E-state index is -0.187. The van der Waals surface area contributed by atoms with Gasteiger partial charge in [0.25, 0.3) is 5.56 Å². The second-order valence-corrected chi connectivity index (χ2v) is 4.29. The standard InChI is InChI=1S/C13H9ClN2O/c14-8-4-2-6-10-11(8)7-3-1-5-9(15)12(7)13(17)16-10/h1-6H,15H2,(H,16,17). The lowest BCUT2D eigenvalue weighted by atomic mass is 10.1. The van der Waals surface area contributed by atoms with E-state index in [9.17, 15) is 4.79 Å². The van der Waals surface area contributed by atoms with E-state index in [0.29, 0.717) is 16.1 Å². The number of nitrogens with one attached hydrogen (secondary N) is 1. The lowest BCUT2D eigenvalue weighted by Gasteiger charge is -2.06. The maximum absolute atomic E-state index is 11.9. The van der Waals surface area contributed by atoms with Gasteiger partial charge in [0.1, 0.15) is 0 Å². The maximum atomic E-state index is 11.9. The van der Waals surface area contributed by atoms with Crippen molar-refractivity contribution in [1.29, 1.82) is 0 Å². The number of nitrogens with two attached hydrogens (primary N) is 1. The molecule has 3 aromatic rings. The van der Waals surface area contributed by atoms with E-state index in [1.54, 1.807) is 18.2 Å². The lowest BCUT2D eigenvalue weighted by molar-refractivity contribution is 1.34. The summed E-state index contributed by atoms with van der Waals surface area (Å²) in [6, 6.07) is 10.8. The molecule has 17 heavy (non-hydrogen) atoms. The van der Waals surface area contributed by atoms with E-state index in [2.05, 4.69) is 4.98 Å². The van der Waals surface area contributed by atoms with Crippen LogP contribution in [0, 0.1) is 0 Å². The maximum Gasteiger partial charge on any atom is 0.258 e. The molecular formula is C13H9ClN2O. The molecule has 1 aromatic heterocycles. The highest BCUT2D eigenvalue weighted by atomic mass is 35.5. The average Bonchev–Trinajstić information content (AvgIpc) is 2.28. The Bertz CT molecular complexity index is 792. The molecule has 84 valence electrons. The Morgan fingerprint density at radius 2 is 1.82 bits per heavy atom. The fourth-order valence-electron chi connectivity index (χ4n) is 2.12. The van der Waals surface area contributed by atoms with Crippen molar-refractivity contribution in [3.8, 4) is 0 Å². The van der Waals surface area contributed by atoms with Gasteiger partial charge in [-0.05, 0) is 18.2 Å². The molecule has 0 unspecified atom stereocenters. The number of aromatic nitrogens is 1. The number of benzene rings is 2. The number of anilines is 1. The topological polar surface area (TPSA) is 58.9 Å². The number of hydrogen-bond donors (Lipinski definition) is 2. The highest BCUT2D eigenvalue weighted by Gasteiger charge is 2.09. The van der Waals surface area contributed by atoms with Crippen LogP contribution in [-0.2, 0) is 0 Å². The molecule has 0 amide bonds. The van der Waals surface area contributed by atoms with E-state index in [1.165, 1.54) is 0 Å². The van der Waals surface area contributed by atoms with Crippen molar-refractivity contribution in [2.24, 2.45) is 0 Å². The van der Waals surface area contributed by atoms with Crippen LogP contribution in [0.15, 0.2) is 41.2 Å². The van der Waals surface area contributed by atoms with E-state index in [0.717, 1.165) is 16.3 Å². The molecule has 0 aliphatic rings. The number of H-pyrrole nitrogens is 1. The number of nitrogen functional groups attached to an aromatic ring is 1. The fraction of sp³-hybridized carbons (Fsp3) is 0. The van der Waals surface area contributed by atoms with Crippen molar-refractivity contribution in [2.45, 2.75) is 0 Å². The molecule has 0 aliphatic carbocycles. The second kappa shape index (κ2) is 3.50. The van der Waals surface area contributed by atoms with Crippen LogP contribution in [0.25, 0.3) is 21.7 Å². The summed E-state index contributed by atoms with van der Waals surface area (Å²) in [4.78, 5) is 14.7. The minimum Gasteiger partial charge on any atom is -0.398 e. The molecule has 0 bridgehead atoms. The average molecular weight is 245 g/mol. The SMILES string of the molecule is Nc1cccc2c1c(=O)[nH]c1cccc(Cl)c12. The van der Waals surface area contributed by atoms with Gasteiger partial charge in [0, 0.05) is 16.5 Å². The molecule has 1 heterocycles. The Morgan fingerprint density at radius 3 is 2.65 bits per heavy atom. The van der Waals surface area contributed by atoms with Gasteiger partial charge in [-0.1, -0.05) is 29.8 Å². The summed E-state index contributed by atoms with van der Waals surface area (Å²) in [6.07, 6.45) is 0. The van der Waals surface area contributed by atoms with E-state index in [-0.39, 0.29) is 5.56 Å². The number of rotatable bonds is 0.